The highest BCUT2D eigenvalue weighted by molar-refractivity contribution is 6.31. The maximum atomic E-state index is 12.9. The Balaban J connectivity index is 1.94. The molecule has 4 nitrogen and oxygen atoms in total. The molecule has 27 heavy (non-hydrogen) atoms. The summed E-state index contributed by atoms with van der Waals surface area (Å²) < 4.78 is 38.6. The van der Waals surface area contributed by atoms with Crippen LogP contribution in [0.5, 0.6) is 0 Å². The van der Waals surface area contributed by atoms with Gasteiger partial charge in [0, 0.05) is 31.6 Å². The van der Waals surface area contributed by atoms with Crippen LogP contribution in [0.25, 0.3) is 6.08 Å². The first-order valence-electron chi connectivity index (χ1n) is 8.83. The molecule has 8 heteroatoms. The zero-order valence-corrected chi connectivity index (χ0v) is 15.7. The van der Waals surface area contributed by atoms with Crippen molar-refractivity contribution >= 4 is 29.5 Å². The molecule has 1 aliphatic rings. The molecule has 0 aliphatic carbocycles. The van der Waals surface area contributed by atoms with Crippen LogP contribution >= 0.6 is 11.6 Å². The number of alkyl halides is 3. The average Bonchev–Trinajstić information content (AvgIpc) is 2.64. The number of carbonyl (C=O) groups excluding carboxylic acids is 2. The molecule has 0 bridgehead atoms. The molecule has 2 amide bonds. The van der Waals surface area contributed by atoms with E-state index in [9.17, 15) is 22.8 Å². The number of hydrogen-bond donors (Lipinski definition) is 1. The summed E-state index contributed by atoms with van der Waals surface area (Å²) in [5.41, 5.74) is -0.688. The predicted molar refractivity (Wildman–Crippen MR) is 98.1 cm³/mol. The van der Waals surface area contributed by atoms with E-state index in [4.69, 9.17) is 11.6 Å². The number of hydrogen-bond acceptors (Lipinski definition) is 2. The molecular weight excluding hydrogens is 381 g/mol. The molecule has 1 aromatic rings. The first-order valence-corrected chi connectivity index (χ1v) is 9.21. The summed E-state index contributed by atoms with van der Waals surface area (Å²) in [7, 11) is 0. The van der Waals surface area contributed by atoms with Gasteiger partial charge < -0.3 is 10.2 Å². The van der Waals surface area contributed by atoms with E-state index in [1.54, 1.807) is 4.90 Å². The fourth-order valence-electron chi connectivity index (χ4n) is 2.89. The maximum Gasteiger partial charge on any atom is 0.417 e. The molecule has 1 aromatic carbocycles. The van der Waals surface area contributed by atoms with Crippen molar-refractivity contribution < 1.29 is 22.8 Å². The predicted octanol–water partition coefficient (Wildman–Crippen LogP) is 4.14. The Morgan fingerprint density at radius 3 is 2.56 bits per heavy atom. The third kappa shape index (κ3) is 5.99. The third-order valence-corrected chi connectivity index (χ3v) is 4.77. The smallest absolute Gasteiger partial charge is 0.356 e. The highest BCUT2D eigenvalue weighted by atomic mass is 35.5. The zero-order chi connectivity index (χ0) is 20.0. The number of nitrogens with one attached hydrogen (secondary N) is 1. The van der Waals surface area contributed by atoms with Crippen LogP contribution in [0.4, 0.5) is 13.2 Å². The molecule has 0 aromatic heterocycles. The van der Waals surface area contributed by atoms with Crippen molar-refractivity contribution in [1.82, 2.24) is 10.2 Å². The second-order valence-corrected chi connectivity index (χ2v) is 6.87. The molecule has 0 unspecified atom stereocenters. The van der Waals surface area contributed by atoms with E-state index in [1.807, 2.05) is 6.92 Å². The topological polar surface area (TPSA) is 49.4 Å². The van der Waals surface area contributed by atoms with Crippen LogP contribution in [0, 0.1) is 5.92 Å². The lowest BCUT2D eigenvalue weighted by atomic mass is 9.96. The number of carbonyl (C=O) groups is 2. The Bertz CT molecular complexity index is 711. The Morgan fingerprint density at radius 1 is 1.30 bits per heavy atom. The van der Waals surface area contributed by atoms with Gasteiger partial charge in [0.15, 0.2) is 0 Å². The van der Waals surface area contributed by atoms with Crippen LogP contribution in [0.3, 0.4) is 0 Å². The molecule has 1 fully saturated rings. The largest absolute Gasteiger partial charge is 0.417 e. The fourth-order valence-corrected chi connectivity index (χ4v) is 3.12. The van der Waals surface area contributed by atoms with E-state index in [-0.39, 0.29) is 28.3 Å². The lowest BCUT2D eigenvalue weighted by Gasteiger charge is -2.30. The van der Waals surface area contributed by atoms with Gasteiger partial charge in [0.2, 0.25) is 11.8 Å². The van der Waals surface area contributed by atoms with Crippen molar-refractivity contribution in [1.29, 1.82) is 0 Å². The van der Waals surface area contributed by atoms with Gasteiger partial charge in [-0.3, -0.25) is 9.59 Å². The average molecular weight is 403 g/mol. The van der Waals surface area contributed by atoms with Crippen molar-refractivity contribution in [3.8, 4) is 0 Å². The number of rotatable bonds is 5. The summed E-state index contributed by atoms with van der Waals surface area (Å²) in [6.45, 7) is 3.51. The minimum absolute atomic E-state index is 0.0142. The molecule has 0 spiro atoms. The molecule has 2 rings (SSSR count). The quantitative estimate of drug-likeness (QED) is 0.752. The Morgan fingerprint density at radius 2 is 1.96 bits per heavy atom. The lowest BCUT2D eigenvalue weighted by molar-refractivity contribution is -0.137. The third-order valence-electron chi connectivity index (χ3n) is 4.44. The second-order valence-electron chi connectivity index (χ2n) is 6.46. The van der Waals surface area contributed by atoms with Crippen LogP contribution in [0.15, 0.2) is 24.3 Å². The fraction of sp³-hybridized carbons (Fsp3) is 0.474. The number of piperidine rings is 1. The van der Waals surface area contributed by atoms with Gasteiger partial charge in [-0.15, -0.1) is 0 Å². The summed E-state index contributed by atoms with van der Waals surface area (Å²) in [6, 6.07) is 3.50. The van der Waals surface area contributed by atoms with Crippen molar-refractivity contribution in [3.63, 3.8) is 0 Å². The van der Waals surface area contributed by atoms with Crippen LogP contribution in [0.2, 0.25) is 5.02 Å². The van der Waals surface area contributed by atoms with Gasteiger partial charge >= 0.3 is 6.18 Å². The van der Waals surface area contributed by atoms with Gasteiger partial charge in [-0.05, 0) is 43.0 Å². The van der Waals surface area contributed by atoms with Gasteiger partial charge in [-0.1, -0.05) is 24.6 Å². The van der Waals surface area contributed by atoms with E-state index in [1.165, 1.54) is 18.2 Å². The Kier molecular flexibility index (Phi) is 7.30. The van der Waals surface area contributed by atoms with Crippen LogP contribution < -0.4 is 5.32 Å². The molecule has 1 aliphatic heterocycles. The highest BCUT2D eigenvalue weighted by Gasteiger charge is 2.33. The van der Waals surface area contributed by atoms with E-state index in [0.29, 0.717) is 32.5 Å². The van der Waals surface area contributed by atoms with E-state index in [0.717, 1.165) is 18.6 Å². The maximum absolute atomic E-state index is 12.9. The van der Waals surface area contributed by atoms with Gasteiger partial charge in [-0.25, -0.2) is 0 Å². The molecule has 0 radical (unpaired) electrons. The van der Waals surface area contributed by atoms with Crippen molar-refractivity contribution in [2.24, 2.45) is 5.92 Å². The van der Waals surface area contributed by atoms with E-state index >= 15 is 0 Å². The van der Waals surface area contributed by atoms with Crippen molar-refractivity contribution in [3.05, 3.63) is 40.4 Å². The van der Waals surface area contributed by atoms with E-state index in [2.05, 4.69) is 5.32 Å². The molecule has 1 heterocycles. The minimum Gasteiger partial charge on any atom is -0.356 e. The lowest BCUT2D eigenvalue weighted by Crippen LogP contribution is -2.42. The first-order chi connectivity index (χ1) is 12.7. The summed E-state index contributed by atoms with van der Waals surface area (Å²) in [4.78, 5) is 25.8. The zero-order valence-electron chi connectivity index (χ0n) is 15.0. The Labute approximate surface area is 161 Å². The molecule has 0 saturated carbocycles. The first kappa shape index (κ1) is 21.3. The standard InChI is InChI=1S/C19H22ClF3N2O2/c1-2-9-24-18(27)14-7-10-25(11-8-14)17(26)6-4-13-3-5-16(20)15(12-13)19(21,22)23/h3-6,12,14H,2,7-11H2,1H3,(H,24,27)/b6-4+. The SMILES string of the molecule is CCCNC(=O)C1CCN(C(=O)/C=C/c2ccc(Cl)c(C(F)(F)F)c2)CC1. The second kappa shape index (κ2) is 9.26. The van der Waals surface area contributed by atoms with Crippen molar-refractivity contribution in [2.45, 2.75) is 32.4 Å². The van der Waals surface area contributed by atoms with Crippen LogP contribution in [-0.2, 0) is 15.8 Å². The number of nitrogens with zero attached hydrogens (tertiary/aromatic N) is 1. The van der Waals surface area contributed by atoms with Gasteiger partial charge in [0.25, 0.3) is 0 Å². The molecule has 1 N–H and O–H groups in total. The molecule has 0 atom stereocenters. The number of halogens is 4. The summed E-state index contributed by atoms with van der Waals surface area (Å²) in [5.74, 6) is -0.374. The van der Waals surface area contributed by atoms with Gasteiger partial charge in [0.1, 0.15) is 0 Å². The van der Waals surface area contributed by atoms with Crippen molar-refractivity contribution in [2.75, 3.05) is 19.6 Å². The minimum atomic E-state index is -4.55. The number of amides is 2. The highest BCUT2D eigenvalue weighted by Crippen LogP contribution is 2.35. The van der Waals surface area contributed by atoms with E-state index < -0.39 is 11.7 Å². The normalized spacial score (nSPS) is 16.0. The van der Waals surface area contributed by atoms with Crippen LogP contribution in [-0.4, -0.2) is 36.3 Å². The molecule has 148 valence electrons. The molecular formula is C19H22ClF3N2O2. The summed E-state index contributed by atoms with van der Waals surface area (Å²) >= 11 is 5.58. The summed E-state index contributed by atoms with van der Waals surface area (Å²) in [6.07, 6.45) is 0.0667. The number of likely N-dealkylation sites (tertiary alicyclic amines) is 1. The van der Waals surface area contributed by atoms with Gasteiger partial charge in [-0.2, -0.15) is 13.2 Å². The van der Waals surface area contributed by atoms with Gasteiger partial charge in [0.05, 0.1) is 10.6 Å². The summed E-state index contributed by atoms with van der Waals surface area (Å²) in [5, 5.41) is 2.48. The number of benzene rings is 1. The Hall–Kier alpha value is -2.02. The van der Waals surface area contributed by atoms with Crippen LogP contribution in [0.1, 0.15) is 37.3 Å². The molecule has 1 saturated heterocycles. The monoisotopic (exact) mass is 402 g/mol.